The van der Waals surface area contributed by atoms with Gasteiger partial charge < -0.3 is 14.4 Å². The Balaban J connectivity index is 1.52. The number of aryl methyl sites for hydroxylation is 1. The molecule has 1 heterocycles. The first-order chi connectivity index (χ1) is 18.7. The first kappa shape index (κ1) is 28.2. The average molecular weight is 526 g/mol. The highest BCUT2D eigenvalue weighted by Gasteiger charge is 2.19. The van der Waals surface area contributed by atoms with Crippen LogP contribution in [0.4, 0.5) is 0 Å². The largest absolute Gasteiger partial charge is 0.486 e. The molecule has 3 aromatic carbocycles. The summed E-state index contributed by atoms with van der Waals surface area (Å²) in [5, 5.41) is 9.87. The van der Waals surface area contributed by atoms with Gasteiger partial charge in [0, 0.05) is 41.2 Å². The van der Waals surface area contributed by atoms with Gasteiger partial charge in [0.25, 0.3) is 0 Å². The fraction of sp³-hybridized carbons (Fsp3) is 0.353. The van der Waals surface area contributed by atoms with Crippen molar-refractivity contribution in [3.8, 4) is 5.75 Å². The van der Waals surface area contributed by atoms with Crippen molar-refractivity contribution in [3.63, 3.8) is 0 Å². The van der Waals surface area contributed by atoms with E-state index in [9.17, 15) is 9.59 Å². The fourth-order valence-electron chi connectivity index (χ4n) is 5.04. The van der Waals surface area contributed by atoms with Crippen LogP contribution in [-0.2, 0) is 17.8 Å². The van der Waals surface area contributed by atoms with E-state index < -0.39 is 5.97 Å². The smallest absolute Gasteiger partial charge is 0.303 e. The Kier molecular flexibility index (Phi) is 9.23. The summed E-state index contributed by atoms with van der Waals surface area (Å²) in [6.07, 6.45) is 4.34. The molecule has 1 aromatic heterocycles. The van der Waals surface area contributed by atoms with Crippen LogP contribution in [0, 0.1) is 11.8 Å². The van der Waals surface area contributed by atoms with Crippen LogP contribution in [0.1, 0.15) is 80.1 Å². The Morgan fingerprint density at radius 3 is 2.21 bits per heavy atom. The Morgan fingerprint density at radius 1 is 0.872 bits per heavy atom. The number of carboxylic acid groups (broad SMARTS) is 1. The molecule has 4 rings (SSSR count). The minimum Gasteiger partial charge on any atom is -0.486 e. The van der Waals surface area contributed by atoms with Gasteiger partial charge in [-0.05, 0) is 72.6 Å². The summed E-state index contributed by atoms with van der Waals surface area (Å²) < 4.78 is 8.43. The standard InChI is InChI=1S/C34H39NO4/c1-23(2)20-25-11-13-26(14-12-25)32(21-24(3)4)39-28-17-15-27(16-18-28)34(38)30-22-35(19-7-10-33(36)37)31-9-6-5-8-29(30)31/h5-6,8-9,11-18,22-24,32H,7,10,19-21H2,1-4H3,(H,36,37). The zero-order valence-corrected chi connectivity index (χ0v) is 23.4. The molecule has 0 saturated heterocycles. The van der Waals surface area contributed by atoms with Crippen LogP contribution in [0.15, 0.2) is 79.0 Å². The number of ether oxygens (including phenoxy) is 1. The van der Waals surface area contributed by atoms with Crippen molar-refractivity contribution in [2.45, 2.75) is 66.0 Å². The van der Waals surface area contributed by atoms with E-state index in [1.165, 1.54) is 5.56 Å². The van der Waals surface area contributed by atoms with Crippen LogP contribution in [-0.4, -0.2) is 21.4 Å². The predicted octanol–water partition coefficient (Wildman–Crippen LogP) is 8.10. The van der Waals surface area contributed by atoms with Crippen molar-refractivity contribution in [2.24, 2.45) is 11.8 Å². The predicted molar refractivity (Wildman–Crippen MR) is 156 cm³/mol. The number of ketones is 1. The van der Waals surface area contributed by atoms with Gasteiger partial charge >= 0.3 is 5.97 Å². The highest BCUT2D eigenvalue weighted by atomic mass is 16.5. The topological polar surface area (TPSA) is 68.5 Å². The van der Waals surface area contributed by atoms with Crippen LogP contribution >= 0.6 is 0 Å². The minimum absolute atomic E-state index is 0.0609. The van der Waals surface area contributed by atoms with Gasteiger partial charge in [-0.3, -0.25) is 9.59 Å². The average Bonchev–Trinajstić information content (AvgIpc) is 3.27. The molecule has 0 aliphatic rings. The molecule has 1 N–H and O–H groups in total. The van der Waals surface area contributed by atoms with Gasteiger partial charge in [0.05, 0.1) is 0 Å². The Morgan fingerprint density at radius 2 is 1.56 bits per heavy atom. The third-order valence-electron chi connectivity index (χ3n) is 6.90. The molecule has 0 fully saturated rings. The van der Waals surface area contributed by atoms with Crippen molar-refractivity contribution in [1.82, 2.24) is 4.57 Å². The Bertz CT molecular complexity index is 1400. The van der Waals surface area contributed by atoms with E-state index in [1.54, 1.807) is 0 Å². The molecule has 0 aliphatic carbocycles. The van der Waals surface area contributed by atoms with Crippen LogP contribution in [0.2, 0.25) is 0 Å². The van der Waals surface area contributed by atoms with Gasteiger partial charge in [-0.2, -0.15) is 0 Å². The van der Waals surface area contributed by atoms with Gasteiger partial charge in [-0.25, -0.2) is 0 Å². The first-order valence-corrected chi connectivity index (χ1v) is 13.9. The number of nitrogens with zero attached hydrogens (tertiary/aromatic N) is 1. The number of carbonyl (C=O) groups excluding carboxylic acids is 1. The summed E-state index contributed by atoms with van der Waals surface area (Å²) in [5.74, 6) is 0.949. The highest BCUT2D eigenvalue weighted by Crippen LogP contribution is 2.30. The minimum atomic E-state index is -0.816. The number of para-hydroxylation sites is 1. The normalized spacial score (nSPS) is 12.3. The second-order valence-corrected chi connectivity index (χ2v) is 11.2. The molecule has 1 atom stereocenters. The Labute approximate surface area is 231 Å². The van der Waals surface area contributed by atoms with E-state index in [4.69, 9.17) is 9.84 Å². The molecule has 1 unspecified atom stereocenters. The summed E-state index contributed by atoms with van der Waals surface area (Å²) in [6.45, 7) is 9.40. The molecule has 5 nitrogen and oxygen atoms in total. The number of rotatable bonds is 13. The summed E-state index contributed by atoms with van der Waals surface area (Å²) >= 11 is 0. The van der Waals surface area contributed by atoms with Crippen molar-refractivity contribution in [1.29, 1.82) is 0 Å². The second-order valence-electron chi connectivity index (χ2n) is 11.2. The zero-order chi connectivity index (χ0) is 27.9. The number of fused-ring (bicyclic) bond motifs is 1. The van der Waals surface area contributed by atoms with E-state index >= 15 is 0 Å². The first-order valence-electron chi connectivity index (χ1n) is 13.9. The molecule has 0 radical (unpaired) electrons. The van der Waals surface area contributed by atoms with Gasteiger partial charge in [-0.15, -0.1) is 0 Å². The lowest BCUT2D eigenvalue weighted by Crippen LogP contribution is -2.11. The van der Waals surface area contributed by atoms with Gasteiger partial charge in [0.1, 0.15) is 11.9 Å². The lowest BCUT2D eigenvalue weighted by molar-refractivity contribution is -0.137. The molecule has 39 heavy (non-hydrogen) atoms. The quantitative estimate of drug-likeness (QED) is 0.179. The zero-order valence-electron chi connectivity index (χ0n) is 23.4. The third kappa shape index (κ3) is 7.38. The van der Waals surface area contributed by atoms with Crippen LogP contribution in [0.3, 0.4) is 0 Å². The maximum absolute atomic E-state index is 13.5. The third-order valence-corrected chi connectivity index (χ3v) is 6.90. The molecule has 4 aromatic rings. The molecule has 204 valence electrons. The van der Waals surface area contributed by atoms with E-state index in [0.29, 0.717) is 35.9 Å². The number of carboxylic acids is 1. The fourth-order valence-corrected chi connectivity index (χ4v) is 5.04. The van der Waals surface area contributed by atoms with Crippen LogP contribution in [0.25, 0.3) is 10.9 Å². The number of benzene rings is 3. The number of carbonyl (C=O) groups is 2. The molecule has 0 aliphatic heterocycles. The lowest BCUT2D eigenvalue weighted by Gasteiger charge is -2.22. The van der Waals surface area contributed by atoms with E-state index in [-0.39, 0.29) is 18.3 Å². The monoisotopic (exact) mass is 525 g/mol. The van der Waals surface area contributed by atoms with Crippen molar-refractivity contribution in [3.05, 3.63) is 101 Å². The van der Waals surface area contributed by atoms with Crippen molar-refractivity contribution < 1.29 is 19.4 Å². The Hall–Kier alpha value is -3.86. The van der Waals surface area contributed by atoms with E-state index in [0.717, 1.165) is 35.1 Å². The number of aliphatic carboxylic acids is 1. The molecule has 5 heteroatoms. The molecule has 0 saturated carbocycles. The summed E-state index contributed by atoms with van der Waals surface area (Å²) in [6, 6.07) is 23.9. The van der Waals surface area contributed by atoms with Gasteiger partial charge in [0.2, 0.25) is 0 Å². The van der Waals surface area contributed by atoms with Gasteiger partial charge in [-0.1, -0.05) is 70.2 Å². The summed E-state index contributed by atoms with van der Waals surface area (Å²) in [5.41, 5.74) is 4.64. The molecule has 0 amide bonds. The SMILES string of the molecule is CC(C)Cc1ccc(C(CC(C)C)Oc2ccc(C(=O)c3cn(CCCC(=O)O)c4ccccc34)cc2)cc1. The maximum Gasteiger partial charge on any atom is 0.303 e. The van der Waals surface area contributed by atoms with E-state index in [2.05, 4.69) is 52.0 Å². The van der Waals surface area contributed by atoms with Crippen molar-refractivity contribution in [2.75, 3.05) is 0 Å². The van der Waals surface area contributed by atoms with Crippen LogP contribution < -0.4 is 4.74 Å². The lowest BCUT2D eigenvalue weighted by atomic mass is 9.96. The molecule has 0 bridgehead atoms. The van der Waals surface area contributed by atoms with Gasteiger partial charge in [0.15, 0.2) is 5.78 Å². The number of hydrogen-bond donors (Lipinski definition) is 1. The second kappa shape index (κ2) is 12.8. The molecule has 0 spiro atoms. The molecular weight excluding hydrogens is 486 g/mol. The maximum atomic E-state index is 13.5. The number of hydrogen-bond acceptors (Lipinski definition) is 3. The van der Waals surface area contributed by atoms with Crippen LogP contribution in [0.5, 0.6) is 5.75 Å². The number of aromatic nitrogens is 1. The summed E-state index contributed by atoms with van der Waals surface area (Å²) in [7, 11) is 0. The molecular formula is C34H39NO4. The summed E-state index contributed by atoms with van der Waals surface area (Å²) in [4.78, 5) is 24.5. The van der Waals surface area contributed by atoms with Crippen molar-refractivity contribution >= 4 is 22.7 Å². The van der Waals surface area contributed by atoms with E-state index in [1.807, 2.05) is 59.3 Å². The highest BCUT2D eigenvalue weighted by molar-refractivity contribution is 6.16.